The number of carbonyl (C=O) groups is 3. The Hall–Kier alpha value is -3.40. The van der Waals surface area contributed by atoms with Crippen LogP contribution >= 0.6 is 11.8 Å². The molecule has 0 aliphatic carbocycles. The molecule has 2 aliphatic rings. The fourth-order valence-corrected chi connectivity index (χ4v) is 4.09. The highest BCUT2D eigenvalue weighted by molar-refractivity contribution is 8.18. The Balaban J connectivity index is 1.74. The highest BCUT2D eigenvalue weighted by atomic mass is 32.2. The zero-order valence-electron chi connectivity index (χ0n) is 15.3. The molecule has 2 heterocycles. The number of para-hydroxylation sites is 1. The Labute approximate surface area is 172 Å². The van der Waals surface area contributed by atoms with E-state index in [1.54, 1.807) is 24.3 Å². The van der Waals surface area contributed by atoms with Gasteiger partial charge in [-0.1, -0.05) is 24.3 Å². The number of hydrogen-bond donors (Lipinski definition) is 1. The molecule has 152 valence electrons. The maximum Gasteiger partial charge on any atom is 0.416 e. The van der Waals surface area contributed by atoms with Crippen LogP contribution in [0.4, 0.5) is 24.5 Å². The van der Waals surface area contributed by atoms with E-state index in [4.69, 9.17) is 0 Å². The maximum absolute atomic E-state index is 12.9. The van der Waals surface area contributed by atoms with Gasteiger partial charge in [0.25, 0.3) is 11.8 Å². The molecule has 0 saturated carbocycles. The summed E-state index contributed by atoms with van der Waals surface area (Å²) in [5.41, 5.74) is -0.0148. The number of aliphatic imine (C=N–C) groups is 1. The van der Waals surface area contributed by atoms with Crippen molar-refractivity contribution < 1.29 is 27.6 Å². The standard InChI is InChI=1S/C20H12F3N3O3S/c1-10(27)26-14-8-3-2-7-13(14)15(18(26)29)16-17(28)25-19(30-16)24-12-6-4-5-11(9-12)20(21,22)23/h2-9H,1H3,(H,24,25,28). The highest BCUT2D eigenvalue weighted by Gasteiger charge is 2.41. The van der Waals surface area contributed by atoms with Crippen LogP contribution in [0.25, 0.3) is 5.57 Å². The van der Waals surface area contributed by atoms with Gasteiger partial charge >= 0.3 is 6.18 Å². The van der Waals surface area contributed by atoms with Crippen LogP contribution in [0.5, 0.6) is 0 Å². The number of halogens is 3. The average Bonchev–Trinajstić information content (AvgIpc) is 3.17. The molecule has 1 N–H and O–H groups in total. The second-order valence-electron chi connectivity index (χ2n) is 6.40. The lowest BCUT2D eigenvalue weighted by atomic mass is 10.1. The van der Waals surface area contributed by atoms with Crippen molar-refractivity contribution in [3.63, 3.8) is 0 Å². The fraction of sp³-hybridized carbons (Fsp3) is 0.100. The lowest BCUT2D eigenvalue weighted by Crippen LogP contribution is -2.31. The van der Waals surface area contributed by atoms with Crippen molar-refractivity contribution in [3.8, 4) is 0 Å². The molecular weight excluding hydrogens is 419 g/mol. The lowest BCUT2D eigenvalue weighted by Gasteiger charge is -2.11. The summed E-state index contributed by atoms with van der Waals surface area (Å²) in [6.07, 6.45) is -4.52. The molecule has 10 heteroatoms. The molecule has 0 bridgehead atoms. The Morgan fingerprint density at radius 1 is 1.10 bits per heavy atom. The zero-order chi connectivity index (χ0) is 21.6. The van der Waals surface area contributed by atoms with Gasteiger partial charge in [-0.3, -0.25) is 14.4 Å². The van der Waals surface area contributed by atoms with Crippen molar-refractivity contribution in [2.45, 2.75) is 13.1 Å². The molecule has 1 saturated heterocycles. The van der Waals surface area contributed by atoms with Gasteiger partial charge in [0.2, 0.25) is 5.91 Å². The smallest absolute Gasteiger partial charge is 0.300 e. The quantitative estimate of drug-likeness (QED) is 0.696. The van der Waals surface area contributed by atoms with E-state index in [2.05, 4.69) is 10.3 Å². The minimum Gasteiger partial charge on any atom is -0.300 e. The normalized spacial score (nSPS) is 20.0. The third-order valence-electron chi connectivity index (χ3n) is 4.40. The van der Waals surface area contributed by atoms with Crippen molar-refractivity contribution in [1.82, 2.24) is 5.32 Å². The molecule has 1 fully saturated rings. The van der Waals surface area contributed by atoms with E-state index >= 15 is 0 Å². The predicted molar refractivity (Wildman–Crippen MR) is 106 cm³/mol. The van der Waals surface area contributed by atoms with Crippen LogP contribution in [0.2, 0.25) is 0 Å². The van der Waals surface area contributed by atoms with Crippen molar-refractivity contribution in [2.75, 3.05) is 4.90 Å². The number of alkyl halides is 3. The van der Waals surface area contributed by atoms with E-state index < -0.39 is 29.5 Å². The van der Waals surface area contributed by atoms with Gasteiger partial charge < -0.3 is 5.32 Å². The summed E-state index contributed by atoms with van der Waals surface area (Å²) in [5.74, 6) is -1.75. The number of nitrogens with one attached hydrogen (secondary N) is 1. The molecule has 3 amide bonds. The van der Waals surface area contributed by atoms with Crippen LogP contribution in [0, 0.1) is 0 Å². The molecule has 2 aromatic carbocycles. The van der Waals surface area contributed by atoms with Crippen LogP contribution in [0.3, 0.4) is 0 Å². The summed E-state index contributed by atoms with van der Waals surface area (Å²) in [7, 11) is 0. The molecule has 2 aromatic rings. The number of amidine groups is 1. The van der Waals surface area contributed by atoms with Crippen LogP contribution in [0.1, 0.15) is 18.1 Å². The number of nitrogens with zero attached hydrogens (tertiary/aromatic N) is 2. The first-order valence-electron chi connectivity index (χ1n) is 8.60. The van der Waals surface area contributed by atoms with Gasteiger partial charge in [0.1, 0.15) is 0 Å². The van der Waals surface area contributed by atoms with E-state index in [-0.39, 0.29) is 21.3 Å². The summed E-state index contributed by atoms with van der Waals surface area (Å²) in [6.45, 7) is 1.24. The number of imide groups is 1. The molecule has 4 rings (SSSR count). The van der Waals surface area contributed by atoms with Crippen LogP contribution < -0.4 is 10.2 Å². The monoisotopic (exact) mass is 431 g/mol. The summed E-state index contributed by atoms with van der Waals surface area (Å²) in [4.78, 5) is 42.4. The van der Waals surface area contributed by atoms with Crippen molar-refractivity contribution in [1.29, 1.82) is 0 Å². The number of benzene rings is 2. The molecule has 0 spiro atoms. The molecule has 6 nitrogen and oxygen atoms in total. The SMILES string of the molecule is CC(=O)N1C(=O)C(=C2SC(=Nc3cccc(C(F)(F)F)c3)NC2=O)c2ccccc21. The Morgan fingerprint density at radius 3 is 2.53 bits per heavy atom. The number of thioether (sulfide) groups is 1. The second kappa shape index (κ2) is 7.13. The van der Waals surface area contributed by atoms with Gasteiger partial charge in [-0.15, -0.1) is 0 Å². The van der Waals surface area contributed by atoms with E-state index in [1.807, 2.05) is 0 Å². The Kier molecular flexibility index (Phi) is 4.73. The highest BCUT2D eigenvalue weighted by Crippen LogP contribution is 2.43. The van der Waals surface area contributed by atoms with E-state index in [9.17, 15) is 27.6 Å². The first kappa shape index (κ1) is 19.9. The van der Waals surface area contributed by atoms with Gasteiger partial charge in [0, 0.05) is 12.5 Å². The van der Waals surface area contributed by atoms with Crippen LogP contribution in [-0.4, -0.2) is 22.9 Å². The van der Waals surface area contributed by atoms with Gasteiger partial charge in [-0.25, -0.2) is 9.89 Å². The minimum atomic E-state index is -4.52. The molecule has 0 atom stereocenters. The molecule has 30 heavy (non-hydrogen) atoms. The van der Waals surface area contributed by atoms with Gasteiger partial charge in [0.15, 0.2) is 5.17 Å². The predicted octanol–water partition coefficient (Wildman–Crippen LogP) is 3.86. The van der Waals surface area contributed by atoms with Crippen LogP contribution in [0.15, 0.2) is 58.4 Å². The average molecular weight is 431 g/mol. The third kappa shape index (κ3) is 3.39. The number of hydrogen-bond acceptors (Lipinski definition) is 5. The first-order valence-corrected chi connectivity index (χ1v) is 9.42. The number of anilines is 1. The van der Waals surface area contributed by atoms with Crippen LogP contribution in [-0.2, 0) is 20.6 Å². The summed E-state index contributed by atoms with van der Waals surface area (Å²) >= 11 is 0.834. The second-order valence-corrected chi connectivity index (χ2v) is 7.40. The summed E-state index contributed by atoms with van der Waals surface area (Å²) in [6, 6.07) is 10.9. The maximum atomic E-state index is 12.9. The summed E-state index contributed by atoms with van der Waals surface area (Å²) < 4.78 is 38.7. The summed E-state index contributed by atoms with van der Waals surface area (Å²) in [5, 5.41) is 2.50. The van der Waals surface area contributed by atoms with Gasteiger partial charge in [-0.2, -0.15) is 13.2 Å². The molecule has 0 unspecified atom stereocenters. The van der Waals surface area contributed by atoms with Crippen molar-refractivity contribution >= 4 is 51.6 Å². The Bertz CT molecular complexity index is 1170. The zero-order valence-corrected chi connectivity index (χ0v) is 16.1. The van der Waals surface area contributed by atoms with E-state index in [0.717, 1.165) is 28.8 Å². The number of amides is 3. The molecular formula is C20H12F3N3O3S. The topological polar surface area (TPSA) is 78.8 Å². The largest absolute Gasteiger partial charge is 0.416 e. The minimum absolute atomic E-state index is 0.00221. The number of carbonyl (C=O) groups excluding carboxylic acids is 3. The third-order valence-corrected chi connectivity index (χ3v) is 5.38. The van der Waals surface area contributed by atoms with E-state index in [1.165, 1.54) is 19.1 Å². The van der Waals surface area contributed by atoms with Crippen molar-refractivity contribution in [2.24, 2.45) is 4.99 Å². The fourth-order valence-electron chi connectivity index (χ4n) is 3.16. The van der Waals surface area contributed by atoms with Gasteiger partial charge in [0.05, 0.1) is 27.4 Å². The number of rotatable bonds is 1. The molecule has 2 aliphatic heterocycles. The Morgan fingerprint density at radius 2 is 1.83 bits per heavy atom. The lowest BCUT2D eigenvalue weighted by molar-refractivity contribution is -0.137. The first-order chi connectivity index (χ1) is 14.2. The van der Waals surface area contributed by atoms with Gasteiger partial charge in [-0.05, 0) is 36.0 Å². The number of fused-ring (bicyclic) bond motifs is 1. The molecule has 0 radical (unpaired) electrons. The molecule has 0 aromatic heterocycles. The van der Waals surface area contributed by atoms with E-state index in [0.29, 0.717) is 11.3 Å². The van der Waals surface area contributed by atoms with Crippen molar-refractivity contribution in [3.05, 3.63) is 64.6 Å².